The molecule has 1 rings (SSSR count). The third-order valence-electron chi connectivity index (χ3n) is 1.06. The van der Waals surface area contributed by atoms with E-state index in [-0.39, 0.29) is 27.5 Å². The van der Waals surface area contributed by atoms with Crippen LogP contribution in [0.4, 0.5) is 0 Å². The Morgan fingerprint density at radius 2 is 0.955 bits per heavy atom. The Hall–Kier alpha value is -0.586. The summed E-state index contributed by atoms with van der Waals surface area (Å²) in [6.45, 7) is 9.67. The molecule has 126 valence electrons. The Balaban J connectivity index is -0.000000107. The van der Waals surface area contributed by atoms with Crippen molar-refractivity contribution < 1.29 is 46.9 Å². The first-order valence-corrected chi connectivity index (χ1v) is 6.81. The van der Waals surface area contributed by atoms with Crippen molar-refractivity contribution in [1.82, 2.24) is 0 Å². The van der Waals surface area contributed by atoms with Gasteiger partial charge >= 0.3 is 21.7 Å². The summed E-state index contributed by atoms with van der Waals surface area (Å²) in [4.78, 5) is 0. The van der Waals surface area contributed by atoms with Crippen molar-refractivity contribution >= 4 is 0 Å². The van der Waals surface area contributed by atoms with Crippen molar-refractivity contribution in [3.63, 3.8) is 0 Å². The molecule has 0 N–H and O–H groups in total. The number of benzene rings is 1. The van der Waals surface area contributed by atoms with Gasteiger partial charge in [0.1, 0.15) is 5.75 Å². The molecule has 0 aliphatic rings. The number of rotatable bonds is 1. The van der Waals surface area contributed by atoms with E-state index in [4.69, 9.17) is 4.74 Å². The van der Waals surface area contributed by atoms with Gasteiger partial charge in [0, 0.05) is 0 Å². The van der Waals surface area contributed by atoms with Crippen LogP contribution in [0.15, 0.2) is 24.3 Å². The first-order chi connectivity index (χ1) is 9.52. The van der Waals surface area contributed by atoms with Crippen molar-refractivity contribution in [3.8, 4) is 11.5 Å². The fraction of sp³-hybridized carbons (Fsp3) is 0.625. The standard InChI is InChI=1S/C7H8O2.3C3H7O.Ti/c1-9-7-4-2-6(8)3-5-7;3*1-3(2)4;/h2-5,8H,1H3;3*3H,1-2H3;/q;3*-1;+4/p-1. The predicted octanol–water partition coefficient (Wildman–Crippen LogP) is 0.0316. The van der Waals surface area contributed by atoms with Crippen LogP contribution < -0.4 is 25.2 Å². The molecule has 1 aromatic rings. The summed E-state index contributed by atoms with van der Waals surface area (Å²) >= 11 is 0. The molecule has 0 amide bonds. The van der Waals surface area contributed by atoms with E-state index in [9.17, 15) is 20.4 Å². The van der Waals surface area contributed by atoms with Gasteiger partial charge in [-0.1, -0.05) is 53.7 Å². The van der Waals surface area contributed by atoms with Gasteiger partial charge < -0.3 is 25.2 Å². The van der Waals surface area contributed by atoms with Gasteiger partial charge in [-0.2, -0.15) is 0 Å². The molecule has 0 fully saturated rings. The summed E-state index contributed by atoms with van der Waals surface area (Å²) in [5.74, 6) is 0.727. The van der Waals surface area contributed by atoms with Crippen molar-refractivity contribution in [3.05, 3.63) is 24.3 Å². The van der Waals surface area contributed by atoms with Crippen LogP contribution in [-0.2, 0) is 21.7 Å². The Bertz CT molecular complexity index is 277. The molecule has 0 atom stereocenters. The van der Waals surface area contributed by atoms with Gasteiger partial charge in [-0.25, -0.2) is 0 Å². The fourth-order valence-electron chi connectivity index (χ4n) is 0.576. The summed E-state index contributed by atoms with van der Waals surface area (Å²) in [6, 6.07) is 6.22. The zero-order valence-electron chi connectivity index (χ0n) is 14.6. The topological polar surface area (TPSA) is 101 Å². The van der Waals surface area contributed by atoms with Crippen LogP contribution in [0.1, 0.15) is 41.5 Å². The monoisotopic (exact) mass is 348 g/mol. The summed E-state index contributed by atoms with van der Waals surface area (Å²) in [5, 5.41) is 39.1. The van der Waals surface area contributed by atoms with Crippen LogP contribution >= 0.6 is 0 Å². The molecule has 0 aromatic heterocycles. The summed E-state index contributed by atoms with van der Waals surface area (Å²) in [6.07, 6.45) is -1.25. The van der Waals surface area contributed by atoms with E-state index >= 15 is 0 Å². The van der Waals surface area contributed by atoms with Crippen LogP contribution in [0.5, 0.6) is 11.5 Å². The van der Waals surface area contributed by atoms with Crippen molar-refractivity contribution in [2.24, 2.45) is 0 Å². The molecule has 0 aliphatic heterocycles. The molecule has 22 heavy (non-hydrogen) atoms. The van der Waals surface area contributed by atoms with Gasteiger partial charge in [-0.3, -0.25) is 0 Å². The minimum Gasteiger partial charge on any atom is -0.872 e. The fourth-order valence-corrected chi connectivity index (χ4v) is 0.576. The molecule has 0 saturated heterocycles. The van der Waals surface area contributed by atoms with Crippen LogP contribution in [-0.4, -0.2) is 25.4 Å². The Morgan fingerprint density at radius 1 is 0.727 bits per heavy atom. The van der Waals surface area contributed by atoms with E-state index in [0.29, 0.717) is 0 Å². The van der Waals surface area contributed by atoms with Gasteiger partial charge in [-0.15, -0.1) is 24.1 Å². The van der Waals surface area contributed by atoms with Gasteiger partial charge in [0.2, 0.25) is 0 Å². The Labute approximate surface area is 149 Å². The SMILES string of the molecule is CC(C)[O-].CC(C)[O-].CC(C)[O-].COc1ccc([O-])cc1.[Ti+4]. The van der Waals surface area contributed by atoms with Crippen LogP contribution in [0.3, 0.4) is 0 Å². The van der Waals surface area contributed by atoms with Crippen molar-refractivity contribution in [2.75, 3.05) is 7.11 Å². The number of methoxy groups -OCH3 is 1. The van der Waals surface area contributed by atoms with E-state index in [1.54, 1.807) is 60.8 Å². The molecule has 0 heterocycles. The van der Waals surface area contributed by atoms with E-state index in [1.807, 2.05) is 0 Å². The predicted molar refractivity (Wildman–Crippen MR) is 77.8 cm³/mol. The summed E-state index contributed by atoms with van der Waals surface area (Å²) in [5.41, 5.74) is 0. The van der Waals surface area contributed by atoms with Crippen LogP contribution in [0.2, 0.25) is 0 Å². The number of hydrogen-bond donors (Lipinski definition) is 0. The molecule has 0 radical (unpaired) electrons. The second kappa shape index (κ2) is 20.4. The first kappa shape index (κ1) is 29.4. The van der Waals surface area contributed by atoms with Gasteiger partial charge in [0.15, 0.2) is 0 Å². The number of ether oxygens (including phenoxy) is 1. The van der Waals surface area contributed by atoms with Crippen LogP contribution in [0, 0.1) is 0 Å². The second-order valence-corrected chi connectivity index (χ2v) is 4.82. The van der Waals surface area contributed by atoms with Gasteiger partial charge in [-0.05, 0) is 12.1 Å². The maximum atomic E-state index is 10.5. The Kier molecular flexibility index (Phi) is 27.3. The minimum atomic E-state index is -0.417. The molecule has 5 nitrogen and oxygen atoms in total. The average molecular weight is 348 g/mol. The molecular weight excluding hydrogens is 320 g/mol. The molecule has 0 spiro atoms. The van der Waals surface area contributed by atoms with Crippen molar-refractivity contribution in [2.45, 2.75) is 59.9 Å². The molecule has 1 aromatic carbocycles. The normalized spacial score (nSPS) is 8.59. The summed E-state index contributed by atoms with van der Waals surface area (Å²) in [7, 11) is 1.57. The third-order valence-corrected chi connectivity index (χ3v) is 1.06. The smallest absolute Gasteiger partial charge is 0.872 e. The maximum Gasteiger partial charge on any atom is 4.00 e. The second-order valence-electron chi connectivity index (χ2n) is 4.82. The number of hydrogen-bond acceptors (Lipinski definition) is 5. The molecular formula is C16H28O5Ti. The maximum absolute atomic E-state index is 10.5. The van der Waals surface area contributed by atoms with Crippen LogP contribution in [0.25, 0.3) is 0 Å². The molecule has 0 aliphatic carbocycles. The van der Waals surface area contributed by atoms with Crippen molar-refractivity contribution in [1.29, 1.82) is 0 Å². The molecule has 0 unspecified atom stereocenters. The zero-order chi connectivity index (χ0) is 17.4. The van der Waals surface area contributed by atoms with E-state index in [0.717, 1.165) is 5.75 Å². The molecule has 0 saturated carbocycles. The zero-order valence-corrected chi connectivity index (χ0v) is 16.1. The quantitative estimate of drug-likeness (QED) is 0.667. The third kappa shape index (κ3) is 50.5. The van der Waals surface area contributed by atoms with Gasteiger partial charge in [0.25, 0.3) is 0 Å². The largest absolute Gasteiger partial charge is 4.00 e. The summed E-state index contributed by atoms with van der Waals surface area (Å²) < 4.78 is 4.83. The minimum absolute atomic E-state index is 0. The van der Waals surface area contributed by atoms with E-state index in [2.05, 4.69) is 0 Å². The Morgan fingerprint density at radius 3 is 1.14 bits per heavy atom. The van der Waals surface area contributed by atoms with Gasteiger partial charge in [0.05, 0.1) is 7.11 Å². The molecule has 0 bridgehead atoms. The van der Waals surface area contributed by atoms with E-state index in [1.165, 1.54) is 12.1 Å². The molecule has 6 heteroatoms. The van der Waals surface area contributed by atoms with E-state index < -0.39 is 18.3 Å². The average Bonchev–Trinajstić information content (AvgIpc) is 2.27. The first-order valence-electron chi connectivity index (χ1n) is 6.81.